The van der Waals surface area contributed by atoms with Crippen LogP contribution in [0.4, 0.5) is 0 Å². The van der Waals surface area contributed by atoms with Crippen molar-refractivity contribution in [2.24, 2.45) is 0 Å². The molecule has 0 saturated carbocycles. The van der Waals surface area contributed by atoms with Crippen molar-refractivity contribution in [3.8, 4) is 11.5 Å². The van der Waals surface area contributed by atoms with Crippen molar-refractivity contribution in [2.45, 2.75) is 46.5 Å². The molecule has 1 saturated heterocycles. The third-order valence-electron chi connectivity index (χ3n) is 6.70. The lowest BCUT2D eigenvalue weighted by atomic mass is 10.1. The van der Waals surface area contributed by atoms with E-state index < -0.39 is 23.4 Å². The van der Waals surface area contributed by atoms with Crippen molar-refractivity contribution in [1.82, 2.24) is 10.0 Å². The van der Waals surface area contributed by atoms with Crippen molar-refractivity contribution < 1.29 is 29.4 Å². The lowest BCUT2D eigenvalue weighted by Gasteiger charge is -2.27. The average Bonchev–Trinajstić information content (AvgIpc) is 3.65. The smallest absolute Gasteiger partial charge is 0.280 e. The van der Waals surface area contributed by atoms with Crippen LogP contribution < -0.4 is 0 Å². The van der Waals surface area contributed by atoms with Crippen LogP contribution in [0.15, 0.2) is 99.9 Å². The maximum absolute atomic E-state index is 13.9. The van der Waals surface area contributed by atoms with Gasteiger partial charge in [-0.2, -0.15) is 0 Å². The zero-order valence-electron chi connectivity index (χ0n) is 22.2. The Balaban J connectivity index is 1.38. The SMILES string of the molecule is CC(=O)C(C(C)=O)=C1Sc2c(O)c3c(c(O)c2S1)SC(=C1C(=O)N(Cc2ccccc2)N(Cc2ccccc2)C1=O)S3. The van der Waals surface area contributed by atoms with Crippen molar-refractivity contribution >= 4 is 70.4 Å². The molecule has 2 N–H and O–H groups in total. The summed E-state index contributed by atoms with van der Waals surface area (Å²) >= 11 is 4.20. The minimum absolute atomic E-state index is 0.0161. The molecule has 3 aromatic rings. The van der Waals surface area contributed by atoms with Crippen molar-refractivity contribution in [3.63, 3.8) is 0 Å². The number of thioether (sulfide) groups is 4. The summed E-state index contributed by atoms with van der Waals surface area (Å²) in [7, 11) is 0. The fourth-order valence-corrected chi connectivity index (χ4v) is 10.3. The molecule has 3 aliphatic rings. The van der Waals surface area contributed by atoms with Crippen molar-refractivity contribution in [3.05, 3.63) is 91.4 Å². The summed E-state index contributed by atoms with van der Waals surface area (Å²) in [4.78, 5) is 53.2. The molecule has 1 fully saturated rings. The average molecular weight is 635 g/mol. The van der Waals surface area contributed by atoms with Gasteiger partial charge in [-0.3, -0.25) is 19.2 Å². The van der Waals surface area contributed by atoms with Crippen LogP contribution in [0.25, 0.3) is 0 Å². The van der Waals surface area contributed by atoms with Gasteiger partial charge in [0.05, 0.1) is 46.7 Å². The van der Waals surface area contributed by atoms with Gasteiger partial charge in [-0.25, -0.2) is 10.0 Å². The van der Waals surface area contributed by atoms with Gasteiger partial charge >= 0.3 is 0 Å². The molecule has 0 radical (unpaired) electrons. The number of hydrogen-bond acceptors (Lipinski definition) is 10. The number of hydrogen-bond donors (Lipinski definition) is 2. The summed E-state index contributed by atoms with van der Waals surface area (Å²) in [5, 5.41) is 25.3. The maximum Gasteiger partial charge on any atom is 0.280 e. The number of Topliss-reactive ketones (excluding diaryl/α,β-unsaturated/α-hetero) is 2. The highest BCUT2D eigenvalue weighted by molar-refractivity contribution is 8.26. The predicted octanol–water partition coefficient (Wildman–Crippen LogP) is 6.08. The van der Waals surface area contributed by atoms with Crippen LogP contribution in [-0.4, -0.2) is 43.6 Å². The van der Waals surface area contributed by atoms with Gasteiger partial charge < -0.3 is 10.2 Å². The van der Waals surface area contributed by atoms with E-state index in [1.807, 2.05) is 60.7 Å². The van der Waals surface area contributed by atoms with E-state index in [-0.39, 0.29) is 35.7 Å². The van der Waals surface area contributed by atoms with Crippen LogP contribution >= 0.6 is 47.0 Å². The van der Waals surface area contributed by atoms with E-state index in [0.717, 1.165) is 58.2 Å². The highest BCUT2D eigenvalue weighted by Crippen LogP contribution is 2.68. The number of phenolic OH excluding ortho intramolecular Hbond substituents is 2. The fraction of sp³-hybridized carbons (Fsp3) is 0.133. The number of carbonyl (C=O) groups is 4. The van der Waals surface area contributed by atoms with E-state index in [1.54, 1.807) is 0 Å². The number of benzene rings is 3. The van der Waals surface area contributed by atoms with E-state index >= 15 is 0 Å². The van der Waals surface area contributed by atoms with E-state index in [9.17, 15) is 29.4 Å². The Morgan fingerprint density at radius 1 is 0.643 bits per heavy atom. The number of hydrazine groups is 1. The molecule has 12 heteroatoms. The first kappa shape index (κ1) is 28.5. The molecule has 2 amide bonds. The second-order valence-electron chi connectivity index (χ2n) is 9.56. The van der Waals surface area contributed by atoms with Gasteiger partial charge in [-0.05, 0) is 25.0 Å². The zero-order valence-corrected chi connectivity index (χ0v) is 25.5. The lowest BCUT2D eigenvalue weighted by Crippen LogP contribution is -2.39. The van der Waals surface area contributed by atoms with E-state index in [2.05, 4.69) is 0 Å². The first-order valence-electron chi connectivity index (χ1n) is 12.7. The molecule has 212 valence electrons. The molecule has 0 spiro atoms. The van der Waals surface area contributed by atoms with Crippen LogP contribution in [0.5, 0.6) is 11.5 Å². The van der Waals surface area contributed by atoms with Crippen LogP contribution in [-0.2, 0) is 32.3 Å². The van der Waals surface area contributed by atoms with Gasteiger partial charge in [0.2, 0.25) is 0 Å². The van der Waals surface area contributed by atoms with E-state index in [1.165, 1.54) is 23.9 Å². The third-order valence-corrected chi connectivity index (χ3v) is 11.9. The Kier molecular flexibility index (Phi) is 7.64. The minimum Gasteiger partial charge on any atom is -0.505 e. The van der Waals surface area contributed by atoms with Crippen LogP contribution in [0.2, 0.25) is 0 Å². The number of rotatable bonds is 6. The van der Waals surface area contributed by atoms with E-state index in [0.29, 0.717) is 28.1 Å². The molecular weight excluding hydrogens is 613 g/mol. The molecule has 0 aliphatic carbocycles. The molecule has 0 unspecified atom stereocenters. The first-order valence-corrected chi connectivity index (χ1v) is 16.0. The highest BCUT2D eigenvalue weighted by atomic mass is 32.2. The molecule has 3 heterocycles. The van der Waals surface area contributed by atoms with Crippen LogP contribution in [0.1, 0.15) is 25.0 Å². The van der Waals surface area contributed by atoms with Gasteiger partial charge in [0.25, 0.3) is 11.8 Å². The summed E-state index contributed by atoms with van der Waals surface area (Å²) in [6.45, 7) is 2.99. The van der Waals surface area contributed by atoms with Gasteiger partial charge in [-0.15, -0.1) is 0 Å². The van der Waals surface area contributed by atoms with Crippen LogP contribution in [0.3, 0.4) is 0 Å². The first-order chi connectivity index (χ1) is 20.2. The molecular formula is C30H22N2O6S4. The quantitative estimate of drug-likeness (QED) is 0.143. The summed E-state index contributed by atoms with van der Waals surface area (Å²) in [5.74, 6) is -1.99. The molecule has 8 nitrogen and oxygen atoms in total. The second-order valence-corrected chi connectivity index (χ2v) is 14.2. The topological polar surface area (TPSA) is 115 Å². The molecule has 6 rings (SSSR count). The molecule has 0 atom stereocenters. The normalized spacial score (nSPS) is 15.9. The largest absolute Gasteiger partial charge is 0.505 e. The third kappa shape index (κ3) is 4.91. The summed E-state index contributed by atoms with van der Waals surface area (Å²) < 4.78 is 0.754. The zero-order chi connectivity index (χ0) is 29.7. The standard InChI is InChI=1S/C30H22N2O6S4/c1-15(33)19(16(2)34)29-39-23-21(35)25-26(22(36)24(23)40-29)42-30(41-25)20-27(37)31(13-17-9-5-3-6-10-17)32(28(20)38)14-18-11-7-4-8-12-18/h3-12,35-36H,13-14H2,1-2H3. The maximum atomic E-state index is 13.9. The second kappa shape index (κ2) is 11.3. The molecule has 0 aromatic heterocycles. The Morgan fingerprint density at radius 2 is 1.02 bits per heavy atom. The highest BCUT2D eigenvalue weighted by Gasteiger charge is 2.46. The summed E-state index contributed by atoms with van der Waals surface area (Å²) in [6.07, 6.45) is 0. The molecule has 0 bridgehead atoms. The number of aromatic hydroxyl groups is 2. The number of fused-ring (bicyclic) bond motifs is 2. The Labute approximate surface area is 258 Å². The Morgan fingerprint density at radius 3 is 1.40 bits per heavy atom. The number of phenols is 2. The van der Waals surface area contributed by atoms with Gasteiger partial charge in [0.15, 0.2) is 11.6 Å². The van der Waals surface area contributed by atoms with Gasteiger partial charge in [0.1, 0.15) is 17.1 Å². The van der Waals surface area contributed by atoms with Crippen molar-refractivity contribution in [1.29, 1.82) is 0 Å². The number of carbonyl (C=O) groups excluding carboxylic acids is 4. The number of allylic oxidation sites excluding steroid dienone is 1. The van der Waals surface area contributed by atoms with Gasteiger partial charge in [0, 0.05) is 0 Å². The van der Waals surface area contributed by atoms with Crippen molar-refractivity contribution in [2.75, 3.05) is 0 Å². The Hall–Kier alpha value is -3.58. The number of ketones is 2. The number of amides is 2. The lowest BCUT2D eigenvalue weighted by molar-refractivity contribution is -0.149. The minimum atomic E-state index is -0.462. The van der Waals surface area contributed by atoms with E-state index in [4.69, 9.17) is 0 Å². The van der Waals surface area contributed by atoms with Gasteiger partial charge in [-0.1, -0.05) is 108 Å². The molecule has 42 heavy (non-hydrogen) atoms. The van der Waals surface area contributed by atoms with Crippen LogP contribution in [0, 0.1) is 0 Å². The molecule has 3 aromatic carbocycles. The predicted molar refractivity (Wildman–Crippen MR) is 163 cm³/mol. The monoisotopic (exact) mass is 634 g/mol. The summed E-state index contributed by atoms with van der Waals surface area (Å²) in [5.41, 5.74) is 1.71. The molecule has 3 aliphatic heterocycles. The number of nitrogens with zero attached hydrogens (tertiary/aromatic N) is 2. The Bertz CT molecular complexity index is 1630. The fourth-order valence-electron chi connectivity index (χ4n) is 4.74. The summed E-state index contributed by atoms with van der Waals surface area (Å²) in [6, 6.07) is 18.8.